The number of fused-ring (bicyclic) bond motifs is 1. The van der Waals surface area contributed by atoms with Crippen LogP contribution in [0.1, 0.15) is 16.1 Å². The minimum atomic E-state index is -0.523. The number of aromatic nitrogens is 3. The molecule has 9 nitrogen and oxygen atoms in total. The molecular weight excluding hydrogens is 438 g/mol. The summed E-state index contributed by atoms with van der Waals surface area (Å²) in [5, 5.41) is 0.808. The van der Waals surface area contributed by atoms with Gasteiger partial charge in [0.05, 0.1) is 22.4 Å². The van der Waals surface area contributed by atoms with Crippen molar-refractivity contribution in [1.29, 1.82) is 0 Å². The number of nitrogens with zero attached hydrogens (tertiary/aromatic N) is 5. The van der Waals surface area contributed by atoms with Crippen molar-refractivity contribution in [2.45, 2.75) is 6.42 Å². The van der Waals surface area contributed by atoms with Crippen molar-refractivity contribution in [2.75, 3.05) is 41.7 Å². The third kappa shape index (κ3) is 3.72. The maximum Gasteiger partial charge on any atom is 0.332 e. The monoisotopic (exact) mass is 463 g/mol. The summed E-state index contributed by atoms with van der Waals surface area (Å²) in [6.45, 7) is 3.43. The Morgan fingerprint density at radius 1 is 1.00 bits per heavy atom. The molecule has 4 N–H and O–H groups in total. The van der Waals surface area contributed by atoms with E-state index in [1.807, 2.05) is 18.2 Å². The third-order valence-corrected chi connectivity index (χ3v) is 7.24. The molecule has 10 heteroatoms. The van der Waals surface area contributed by atoms with E-state index in [2.05, 4.69) is 26.9 Å². The summed E-state index contributed by atoms with van der Waals surface area (Å²) < 4.78 is 3.19. The molecule has 0 atom stereocenters. The van der Waals surface area contributed by atoms with Gasteiger partial charge in [0.15, 0.2) is 0 Å². The number of primary amides is 1. The van der Waals surface area contributed by atoms with Gasteiger partial charge in [-0.3, -0.25) is 9.36 Å². The quantitative estimate of drug-likeness (QED) is 0.479. The molecule has 0 aliphatic carbocycles. The molecule has 0 bridgehead atoms. The van der Waals surface area contributed by atoms with E-state index in [0.717, 1.165) is 59.9 Å². The number of nitrogen functional groups attached to an aromatic ring is 1. The van der Waals surface area contributed by atoms with Gasteiger partial charge in [0, 0.05) is 57.5 Å². The summed E-state index contributed by atoms with van der Waals surface area (Å²) in [4.78, 5) is 34.1. The first kappa shape index (κ1) is 21.1. The van der Waals surface area contributed by atoms with Crippen LogP contribution in [0, 0.1) is 0 Å². The second-order valence-electron chi connectivity index (χ2n) is 8.13. The third-order valence-electron chi connectivity index (χ3n) is 6.11. The Hall–Kier alpha value is -3.79. The maximum atomic E-state index is 12.2. The van der Waals surface area contributed by atoms with Crippen molar-refractivity contribution in [3.8, 4) is 5.69 Å². The minimum absolute atomic E-state index is 0.0657. The number of anilines is 3. The molecule has 1 fully saturated rings. The van der Waals surface area contributed by atoms with Crippen LogP contribution in [-0.4, -0.2) is 46.2 Å². The van der Waals surface area contributed by atoms with E-state index in [4.69, 9.17) is 11.5 Å². The van der Waals surface area contributed by atoms with E-state index < -0.39 is 5.91 Å². The van der Waals surface area contributed by atoms with Crippen LogP contribution in [0.25, 0.3) is 15.9 Å². The van der Waals surface area contributed by atoms with Gasteiger partial charge in [-0.25, -0.2) is 9.78 Å². The SMILES string of the molecule is Cn1ccn(-c2ccc(N3CCCN(c4ccnc5sc(C(N)=O)c(N)c45)CC3)cc2)c1=O. The van der Waals surface area contributed by atoms with Crippen molar-refractivity contribution >= 4 is 44.5 Å². The smallest absolute Gasteiger partial charge is 0.332 e. The topological polar surface area (TPSA) is 115 Å². The van der Waals surface area contributed by atoms with Gasteiger partial charge in [0.1, 0.15) is 9.71 Å². The van der Waals surface area contributed by atoms with Gasteiger partial charge in [-0.1, -0.05) is 0 Å². The van der Waals surface area contributed by atoms with Gasteiger partial charge < -0.3 is 25.8 Å². The number of rotatable bonds is 4. The number of hydrogen-bond donors (Lipinski definition) is 2. The standard InChI is InChI=1S/C23H25N7O2S/c1-27-11-14-30(23(27)32)16-5-3-15(4-6-16)28-9-2-10-29(13-12-28)17-7-8-26-22-18(17)19(24)20(33-22)21(25)31/h3-8,11,14H,2,9-10,12-13,24H2,1H3,(H2,25,31). The summed E-state index contributed by atoms with van der Waals surface area (Å²) >= 11 is 1.24. The van der Waals surface area contributed by atoms with Crippen molar-refractivity contribution in [2.24, 2.45) is 12.8 Å². The fourth-order valence-electron chi connectivity index (χ4n) is 4.38. The summed E-state index contributed by atoms with van der Waals surface area (Å²) in [5.41, 5.74) is 15.1. The van der Waals surface area contributed by atoms with Crippen LogP contribution in [0.2, 0.25) is 0 Å². The number of carbonyl (C=O) groups excluding carboxylic acids is 1. The zero-order chi connectivity index (χ0) is 23.1. The van der Waals surface area contributed by atoms with Gasteiger partial charge in [-0.2, -0.15) is 0 Å². The molecule has 0 spiro atoms. The lowest BCUT2D eigenvalue weighted by molar-refractivity contribution is 0.100. The predicted molar refractivity (Wildman–Crippen MR) is 133 cm³/mol. The molecule has 1 aliphatic heterocycles. The molecular formula is C23H25N7O2S. The highest BCUT2D eigenvalue weighted by Crippen LogP contribution is 2.38. The number of carbonyl (C=O) groups is 1. The summed E-state index contributed by atoms with van der Waals surface area (Å²) in [7, 11) is 1.74. The van der Waals surface area contributed by atoms with Crippen molar-refractivity contribution < 1.29 is 4.79 Å². The zero-order valence-electron chi connectivity index (χ0n) is 18.3. The molecule has 1 amide bonds. The van der Waals surface area contributed by atoms with E-state index in [1.165, 1.54) is 11.3 Å². The molecule has 0 unspecified atom stereocenters. The Morgan fingerprint density at radius 2 is 1.70 bits per heavy atom. The number of nitrogens with two attached hydrogens (primary N) is 2. The van der Waals surface area contributed by atoms with Crippen LogP contribution in [0.5, 0.6) is 0 Å². The number of benzene rings is 1. The number of imidazole rings is 1. The van der Waals surface area contributed by atoms with Crippen molar-refractivity contribution in [1.82, 2.24) is 14.1 Å². The van der Waals surface area contributed by atoms with Gasteiger partial charge in [0.2, 0.25) is 0 Å². The molecule has 4 aromatic rings. The second-order valence-corrected chi connectivity index (χ2v) is 9.12. The van der Waals surface area contributed by atoms with Crippen molar-refractivity contribution in [3.05, 3.63) is 64.3 Å². The minimum Gasteiger partial charge on any atom is -0.397 e. The van der Waals surface area contributed by atoms with E-state index >= 15 is 0 Å². The first-order valence-electron chi connectivity index (χ1n) is 10.7. The maximum absolute atomic E-state index is 12.2. The zero-order valence-corrected chi connectivity index (χ0v) is 19.1. The number of hydrogen-bond acceptors (Lipinski definition) is 7. The largest absolute Gasteiger partial charge is 0.397 e. The molecule has 0 saturated carbocycles. The average Bonchev–Trinajstić information content (AvgIpc) is 3.22. The Morgan fingerprint density at radius 3 is 2.39 bits per heavy atom. The highest BCUT2D eigenvalue weighted by molar-refractivity contribution is 7.21. The summed E-state index contributed by atoms with van der Waals surface area (Å²) in [6, 6.07) is 10.0. The first-order valence-corrected chi connectivity index (χ1v) is 11.6. The molecule has 1 aliphatic rings. The Kier molecular flexibility index (Phi) is 5.29. The fourth-order valence-corrected chi connectivity index (χ4v) is 5.31. The van der Waals surface area contributed by atoms with Crippen LogP contribution >= 0.6 is 11.3 Å². The molecule has 0 radical (unpaired) electrons. The normalized spacial score (nSPS) is 14.6. The molecule has 5 rings (SSSR count). The Balaban J connectivity index is 1.37. The highest BCUT2D eigenvalue weighted by Gasteiger charge is 2.22. The average molecular weight is 464 g/mol. The number of thiophene rings is 1. The van der Waals surface area contributed by atoms with Gasteiger partial charge in [0.25, 0.3) is 5.91 Å². The lowest BCUT2D eigenvalue weighted by Crippen LogP contribution is -2.30. The molecule has 33 heavy (non-hydrogen) atoms. The molecule has 1 aromatic carbocycles. The van der Waals surface area contributed by atoms with Crippen LogP contribution in [0.3, 0.4) is 0 Å². The van der Waals surface area contributed by atoms with E-state index in [1.54, 1.807) is 34.8 Å². The van der Waals surface area contributed by atoms with Gasteiger partial charge >= 0.3 is 5.69 Å². The van der Waals surface area contributed by atoms with Gasteiger partial charge in [-0.05, 0) is 36.8 Å². The molecule has 1 saturated heterocycles. The summed E-state index contributed by atoms with van der Waals surface area (Å²) in [5.74, 6) is -0.523. The lowest BCUT2D eigenvalue weighted by Gasteiger charge is -2.25. The molecule has 4 heterocycles. The van der Waals surface area contributed by atoms with Crippen LogP contribution < -0.4 is 27.0 Å². The van der Waals surface area contributed by atoms with E-state index in [0.29, 0.717) is 10.6 Å². The first-order chi connectivity index (χ1) is 15.9. The number of pyridine rings is 1. The second kappa shape index (κ2) is 8.28. The van der Waals surface area contributed by atoms with E-state index in [-0.39, 0.29) is 5.69 Å². The number of aryl methyl sites for hydroxylation is 1. The summed E-state index contributed by atoms with van der Waals surface area (Å²) in [6.07, 6.45) is 6.25. The van der Waals surface area contributed by atoms with Crippen molar-refractivity contribution in [3.63, 3.8) is 0 Å². The highest BCUT2D eigenvalue weighted by atomic mass is 32.1. The lowest BCUT2D eigenvalue weighted by atomic mass is 10.2. The van der Waals surface area contributed by atoms with Gasteiger partial charge in [-0.15, -0.1) is 11.3 Å². The molecule has 3 aromatic heterocycles. The Labute approximate surface area is 194 Å². The van der Waals surface area contributed by atoms with Crippen LogP contribution in [-0.2, 0) is 7.05 Å². The van der Waals surface area contributed by atoms with Crippen LogP contribution in [0.4, 0.5) is 17.1 Å². The van der Waals surface area contributed by atoms with E-state index in [9.17, 15) is 9.59 Å². The number of amides is 1. The fraction of sp³-hybridized carbons (Fsp3) is 0.261. The van der Waals surface area contributed by atoms with Crippen LogP contribution in [0.15, 0.2) is 53.7 Å². The predicted octanol–water partition coefficient (Wildman–Crippen LogP) is 2.18. The molecule has 170 valence electrons. The Bertz CT molecular complexity index is 1390.